The number of imidazole rings is 1. The molecule has 5 rings (SSSR count). The second kappa shape index (κ2) is 6.23. The van der Waals surface area contributed by atoms with Gasteiger partial charge in [-0.3, -0.25) is 0 Å². The fraction of sp³-hybridized carbons (Fsp3) is 0.389. The second-order valence-electron chi connectivity index (χ2n) is 7.28. The standard InChI is InChI=1S/C18H20N6O3S/c1-11-2-3-13(28(25,26)23-8-12-4-5-27-16(12)9-23)6-14(11)15-7-20-18-17(19)21-10-22-24(15)18/h2-3,6-7,10,12,16H,4-5,8-9H2,1H3,(H2,19,21,22). The Morgan fingerprint density at radius 2 is 2.11 bits per heavy atom. The van der Waals surface area contributed by atoms with E-state index in [1.807, 2.05) is 6.92 Å². The minimum absolute atomic E-state index is 0.0122. The van der Waals surface area contributed by atoms with Gasteiger partial charge in [0, 0.05) is 31.2 Å². The summed E-state index contributed by atoms with van der Waals surface area (Å²) in [7, 11) is -3.61. The van der Waals surface area contributed by atoms with E-state index < -0.39 is 10.0 Å². The molecule has 9 nitrogen and oxygen atoms in total. The van der Waals surface area contributed by atoms with E-state index in [0.717, 1.165) is 24.2 Å². The van der Waals surface area contributed by atoms with Gasteiger partial charge in [-0.05, 0) is 31.0 Å². The van der Waals surface area contributed by atoms with Crippen molar-refractivity contribution >= 4 is 21.5 Å². The van der Waals surface area contributed by atoms with Crippen molar-refractivity contribution in [3.63, 3.8) is 0 Å². The molecule has 0 bridgehead atoms. The monoisotopic (exact) mass is 400 g/mol. The van der Waals surface area contributed by atoms with Crippen LogP contribution >= 0.6 is 0 Å². The van der Waals surface area contributed by atoms with Crippen molar-refractivity contribution in [1.29, 1.82) is 0 Å². The first-order valence-electron chi connectivity index (χ1n) is 9.12. The quantitative estimate of drug-likeness (QED) is 0.700. The maximum absolute atomic E-state index is 13.2. The minimum Gasteiger partial charge on any atom is -0.381 e. The van der Waals surface area contributed by atoms with Crippen molar-refractivity contribution in [3.8, 4) is 11.3 Å². The summed E-state index contributed by atoms with van der Waals surface area (Å²) >= 11 is 0. The van der Waals surface area contributed by atoms with Crippen molar-refractivity contribution in [3.05, 3.63) is 36.3 Å². The van der Waals surface area contributed by atoms with Crippen LogP contribution in [-0.2, 0) is 14.8 Å². The molecule has 28 heavy (non-hydrogen) atoms. The van der Waals surface area contributed by atoms with Gasteiger partial charge in [0.1, 0.15) is 6.33 Å². The fourth-order valence-electron chi connectivity index (χ4n) is 4.04. The molecule has 2 saturated heterocycles. The summed E-state index contributed by atoms with van der Waals surface area (Å²) in [4.78, 5) is 8.48. The van der Waals surface area contributed by atoms with Crippen LogP contribution in [0.15, 0.2) is 35.6 Å². The first-order chi connectivity index (χ1) is 13.4. The van der Waals surface area contributed by atoms with Crippen LogP contribution in [-0.4, -0.2) is 58.1 Å². The number of nitrogens with zero attached hydrogens (tertiary/aromatic N) is 5. The van der Waals surface area contributed by atoms with E-state index in [1.165, 1.54) is 10.6 Å². The summed E-state index contributed by atoms with van der Waals surface area (Å²) in [6.45, 7) is 3.56. The summed E-state index contributed by atoms with van der Waals surface area (Å²) in [5, 5.41) is 4.21. The number of ether oxygens (including phenoxy) is 1. The topological polar surface area (TPSA) is 116 Å². The number of rotatable bonds is 3. The first-order valence-corrected chi connectivity index (χ1v) is 10.6. The number of nitrogen functional groups attached to an aromatic ring is 1. The Kier molecular flexibility index (Phi) is 3.90. The van der Waals surface area contributed by atoms with Gasteiger partial charge in [-0.25, -0.2) is 22.9 Å². The highest BCUT2D eigenvalue weighted by Gasteiger charge is 2.42. The van der Waals surface area contributed by atoms with Crippen molar-refractivity contribution in [1.82, 2.24) is 23.9 Å². The van der Waals surface area contributed by atoms with Crippen LogP contribution in [0.4, 0.5) is 5.82 Å². The van der Waals surface area contributed by atoms with Crippen LogP contribution in [0, 0.1) is 12.8 Å². The highest BCUT2D eigenvalue weighted by molar-refractivity contribution is 7.89. The molecule has 2 atom stereocenters. The van der Waals surface area contributed by atoms with E-state index in [-0.39, 0.29) is 22.7 Å². The average Bonchev–Trinajstić information content (AvgIpc) is 3.37. The van der Waals surface area contributed by atoms with Crippen LogP contribution in [0.3, 0.4) is 0 Å². The van der Waals surface area contributed by atoms with E-state index >= 15 is 0 Å². The molecule has 0 saturated carbocycles. The molecule has 2 unspecified atom stereocenters. The number of hydrogen-bond acceptors (Lipinski definition) is 7. The second-order valence-corrected chi connectivity index (χ2v) is 9.22. The molecule has 0 radical (unpaired) electrons. The molecule has 3 aromatic rings. The molecule has 4 heterocycles. The van der Waals surface area contributed by atoms with E-state index in [0.29, 0.717) is 24.4 Å². The largest absolute Gasteiger partial charge is 0.381 e. The van der Waals surface area contributed by atoms with Crippen LogP contribution in [0.1, 0.15) is 12.0 Å². The number of sulfonamides is 1. The maximum Gasteiger partial charge on any atom is 0.243 e. The predicted octanol–water partition coefficient (Wildman–Crippen LogP) is 1.09. The van der Waals surface area contributed by atoms with E-state index in [4.69, 9.17) is 10.5 Å². The summed E-state index contributed by atoms with van der Waals surface area (Å²) in [5.41, 5.74) is 8.62. The van der Waals surface area contributed by atoms with E-state index in [9.17, 15) is 8.42 Å². The summed E-state index contributed by atoms with van der Waals surface area (Å²) in [6.07, 6.45) is 3.91. The lowest BCUT2D eigenvalue weighted by atomic mass is 10.1. The van der Waals surface area contributed by atoms with Gasteiger partial charge in [0.15, 0.2) is 11.5 Å². The highest BCUT2D eigenvalue weighted by Crippen LogP contribution is 2.34. The molecule has 0 aliphatic carbocycles. The number of aryl methyl sites for hydroxylation is 1. The molecule has 0 amide bonds. The van der Waals surface area contributed by atoms with Gasteiger partial charge in [-0.15, -0.1) is 0 Å². The van der Waals surface area contributed by atoms with Gasteiger partial charge < -0.3 is 10.5 Å². The van der Waals surface area contributed by atoms with Gasteiger partial charge in [0.2, 0.25) is 10.0 Å². The molecule has 2 aliphatic heterocycles. The zero-order chi connectivity index (χ0) is 19.5. The number of benzene rings is 1. The number of hydrogen-bond donors (Lipinski definition) is 1. The third-order valence-corrected chi connectivity index (χ3v) is 7.45. The smallest absolute Gasteiger partial charge is 0.243 e. The maximum atomic E-state index is 13.2. The molecule has 2 N–H and O–H groups in total. The van der Waals surface area contributed by atoms with Gasteiger partial charge in [-0.1, -0.05) is 6.07 Å². The Morgan fingerprint density at radius 1 is 1.25 bits per heavy atom. The molecule has 1 aromatic carbocycles. The molecule has 2 aliphatic rings. The minimum atomic E-state index is -3.61. The molecular formula is C18H20N6O3S. The summed E-state index contributed by atoms with van der Waals surface area (Å²) < 4.78 is 35.2. The lowest BCUT2D eigenvalue weighted by molar-refractivity contribution is 0.107. The van der Waals surface area contributed by atoms with Gasteiger partial charge in [0.05, 0.1) is 22.9 Å². The summed E-state index contributed by atoms with van der Waals surface area (Å²) in [5.74, 6) is 0.560. The van der Waals surface area contributed by atoms with Crippen molar-refractivity contribution in [2.45, 2.75) is 24.3 Å². The zero-order valence-corrected chi connectivity index (χ0v) is 16.1. The van der Waals surface area contributed by atoms with Crippen molar-refractivity contribution in [2.75, 3.05) is 25.4 Å². The molecule has 0 spiro atoms. The molecular weight excluding hydrogens is 380 g/mol. The normalized spacial score (nSPS) is 22.8. The van der Waals surface area contributed by atoms with E-state index in [1.54, 1.807) is 28.9 Å². The van der Waals surface area contributed by atoms with Gasteiger partial charge >= 0.3 is 0 Å². The fourth-order valence-corrected chi connectivity index (χ4v) is 5.58. The number of aromatic nitrogens is 4. The van der Waals surface area contributed by atoms with Crippen molar-refractivity contribution in [2.24, 2.45) is 5.92 Å². The van der Waals surface area contributed by atoms with Crippen LogP contribution < -0.4 is 5.73 Å². The molecule has 2 aromatic heterocycles. The molecule has 10 heteroatoms. The molecule has 2 fully saturated rings. The Balaban J connectivity index is 1.57. The molecule has 146 valence electrons. The van der Waals surface area contributed by atoms with Gasteiger partial charge in [0.25, 0.3) is 0 Å². The average molecular weight is 400 g/mol. The number of fused-ring (bicyclic) bond motifs is 2. The highest BCUT2D eigenvalue weighted by atomic mass is 32.2. The summed E-state index contributed by atoms with van der Waals surface area (Å²) in [6, 6.07) is 5.14. The van der Waals surface area contributed by atoms with E-state index in [2.05, 4.69) is 15.1 Å². The Hall–Kier alpha value is -2.56. The SMILES string of the molecule is Cc1ccc(S(=O)(=O)N2CC3CCOC3C2)cc1-c1cnc2c(N)ncnn12. The Labute approximate surface area is 162 Å². The zero-order valence-electron chi connectivity index (χ0n) is 15.3. The predicted molar refractivity (Wildman–Crippen MR) is 102 cm³/mol. The first kappa shape index (κ1) is 17.5. The third kappa shape index (κ3) is 2.60. The lowest BCUT2D eigenvalue weighted by Gasteiger charge is -2.18. The third-order valence-electron chi connectivity index (χ3n) is 5.62. The van der Waals surface area contributed by atoms with Crippen molar-refractivity contribution < 1.29 is 13.2 Å². The van der Waals surface area contributed by atoms with Crippen LogP contribution in [0.5, 0.6) is 0 Å². The number of nitrogens with two attached hydrogens (primary N) is 1. The van der Waals surface area contributed by atoms with Gasteiger partial charge in [-0.2, -0.15) is 9.40 Å². The Morgan fingerprint density at radius 3 is 2.93 bits per heavy atom. The Bertz CT molecular complexity index is 1160. The van der Waals surface area contributed by atoms with Crippen LogP contribution in [0.2, 0.25) is 0 Å². The van der Waals surface area contributed by atoms with Crippen LogP contribution in [0.25, 0.3) is 16.9 Å². The number of anilines is 1. The lowest BCUT2D eigenvalue weighted by Crippen LogP contribution is -2.30.